The zero-order valence-corrected chi connectivity index (χ0v) is 15.5. The highest BCUT2D eigenvalue weighted by Crippen LogP contribution is 2.22. The molecule has 2 aromatic carbocycles. The van der Waals surface area contributed by atoms with Gasteiger partial charge in [-0.25, -0.2) is 5.43 Å². The summed E-state index contributed by atoms with van der Waals surface area (Å²) in [6.07, 6.45) is 2.65. The van der Waals surface area contributed by atoms with Crippen LogP contribution in [-0.4, -0.2) is 40.4 Å². The molecule has 0 saturated carbocycles. The number of carbonyl (C=O) groups is 2. The molecule has 1 fully saturated rings. The van der Waals surface area contributed by atoms with Gasteiger partial charge in [0.15, 0.2) is 0 Å². The zero-order chi connectivity index (χ0) is 20.1. The minimum absolute atomic E-state index is 0.0961. The van der Waals surface area contributed by atoms with Gasteiger partial charge in [0, 0.05) is 34.8 Å². The Morgan fingerprint density at radius 3 is 2.61 bits per heavy atom. The van der Waals surface area contributed by atoms with E-state index in [-0.39, 0.29) is 11.6 Å². The van der Waals surface area contributed by atoms with E-state index in [1.165, 1.54) is 35.4 Å². The first-order valence-corrected chi connectivity index (χ1v) is 8.98. The summed E-state index contributed by atoms with van der Waals surface area (Å²) in [6.45, 7) is 0.433. The highest BCUT2D eigenvalue weighted by molar-refractivity contribution is 6.33. The maximum atomic E-state index is 12.7. The van der Waals surface area contributed by atoms with Crippen molar-refractivity contribution < 1.29 is 14.5 Å². The minimum Gasteiger partial charge on any atom is -0.327 e. The van der Waals surface area contributed by atoms with Crippen molar-refractivity contribution in [2.75, 3.05) is 6.54 Å². The number of hydrogen-bond acceptors (Lipinski definition) is 5. The number of nitrogens with zero attached hydrogens (tertiary/aromatic N) is 3. The number of non-ortho nitro benzene ring substituents is 1. The van der Waals surface area contributed by atoms with Crippen molar-refractivity contribution in [2.24, 2.45) is 5.10 Å². The van der Waals surface area contributed by atoms with Gasteiger partial charge in [0.25, 0.3) is 17.5 Å². The molecule has 1 unspecified atom stereocenters. The van der Waals surface area contributed by atoms with E-state index in [1.807, 2.05) is 0 Å². The Bertz CT molecular complexity index is 930. The number of benzene rings is 2. The molecule has 1 atom stereocenters. The Morgan fingerprint density at radius 2 is 1.93 bits per heavy atom. The van der Waals surface area contributed by atoms with Gasteiger partial charge in [-0.15, -0.1) is 0 Å². The summed E-state index contributed by atoms with van der Waals surface area (Å²) in [5.41, 5.74) is 3.31. The Morgan fingerprint density at radius 1 is 1.21 bits per heavy atom. The summed E-state index contributed by atoms with van der Waals surface area (Å²) in [5.74, 6) is -0.737. The van der Waals surface area contributed by atoms with Crippen molar-refractivity contribution in [3.63, 3.8) is 0 Å². The summed E-state index contributed by atoms with van der Waals surface area (Å²) >= 11 is 6.03. The topological polar surface area (TPSA) is 105 Å². The SMILES string of the molecule is O=C(N/N=C/c1ccccc1Cl)C1CCCN1C(=O)c1ccc([N+](=O)[O-])cc1. The predicted octanol–water partition coefficient (Wildman–Crippen LogP) is 3.00. The third-order valence-electron chi connectivity index (χ3n) is 4.42. The molecule has 3 rings (SSSR count). The van der Waals surface area contributed by atoms with Gasteiger partial charge in [-0.2, -0.15) is 5.10 Å². The average molecular weight is 401 g/mol. The molecule has 1 saturated heterocycles. The second-order valence-corrected chi connectivity index (χ2v) is 6.62. The number of rotatable bonds is 5. The van der Waals surface area contributed by atoms with Gasteiger partial charge >= 0.3 is 0 Å². The monoisotopic (exact) mass is 400 g/mol. The third-order valence-corrected chi connectivity index (χ3v) is 4.77. The summed E-state index contributed by atoms with van der Waals surface area (Å²) in [5, 5.41) is 15.2. The van der Waals surface area contributed by atoms with Crippen LogP contribution in [0.2, 0.25) is 5.02 Å². The number of hydrazone groups is 1. The smallest absolute Gasteiger partial charge is 0.269 e. The van der Waals surface area contributed by atoms with Crippen molar-refractivity contribution >= 4 is 35.3 Å². The van der Waals surface area contributed by atoms with Gasteiger partial charge in [-0.1, -0.05) is 29.8 Å². The molecule has 0 aliphatic carbocycles. The molecule has 1 heterocycles. The first-order chi connectivity index (χ1) is 13.5. The molecule has 28 heavy (non-hydrogen) atoms. The first-order valence-electron chi connectivity index (χ1n) is 8.60. The van der Waals surface area contributed by atoms with Crippen LogP contribution in [-0.2, 0) is 4.79 Å². The fourth-order valence-electron chi connectivity index (χ4n) is 2.99. The molecular formula is C19H17ClN4O4. The van der Waals surface area contributed by atoms with E-state index in [0.717, 1.165) is 0 Å². The number of likely N-dealkylation sites (tertiary alicyclic amines) is 1. The Labute approximate surface area is 165 Å². The van der Waals surface area contributed by atoms with E-state index in [9.17, 15) is 19.7 Å². The van der Waals surface area contributed by atoms with Crippen LogP contribution in [0.1, 0.15) is 28.8 Å². The first kappa shape index (κ1) is 19.5. The molecule has 144 valence electrons. The molecule has 9 heteroatoms. The highest BCUT2D eigenvalue weighted by Gasteiger charge is 2.34. The lowest BCUT2D eigenvalue weighted by atomic mass is 10.1. The fourth-order valence-corrected chi connectivity index (χ4v) is 3.18. The molecule has 0 aromatic heterocycles. The maximum absolute atomic E-state index is 12.7. The third kappa shape index (κ3) is 4.34. The maximum Gasteiger partial charge on any atom is 0.269 e. The molecule has 2 amide bonds. The second kappa shape index (κ2) is 8.62. The van der Waals surface area contributed by atoms with Gasteiger partial charge in [0.05, 0.1) is 11.1 Å². The number of hydrogen-bond donors (Lipinski definition) is 1. The number of amides is 2. The summed E-state index contributed by atoms with van der Waals surface area (Å²) in [4.78, 5) is 36.8. The van der Waals surface area contributed by atoms with Crippen LogP contribution in [0, 0.1) is 10.1 Å². The van der Waals surface area contributed by atoms with Crippen LogP contribution in [0.4, 0.5) is 5.69 Å². The second-order valence-electron chi connectivity index (χ2n) is 6.22. The average Bonchev–Trinajstić information content (AvgIpc) is 3.19. The molecular weight excluding hydrogens is 384 g/mol. The fraction of sp³-hybridized carbons (Fsp3) is 0.211. The molecule has 2 aromatic rings. The van der Waals surface area contributed by atoms with Crippen molar-refractivity contribution in [3.8, 4) is 0 Å². The van der Waals surface area contributed by atoms with Crippen molar-refractivity contribution in [1.29, 1.82) is 0 Å². The Hall–Kier alpha value is -3.26. The molecule has 8 nitrogen and oxygen atoms in total. The normalized spacial score (nSPS) is 16.3. The van der Waals surface area contributed by atoms with E-state index in [2.05, 4.69) is 10.5 Å². The molecule has 1 N–H and O–H groups in total. The lowest BCUT2D eigenvalue weighted by Crippen LogP contribution is -2.44. The van der Waals surface area contributed by atoms with E-state index in [4.69, 9.17) is 11.6 Å². The van der Waals surface area contributed by atoms with Gasteiger partial charge in [-0.05, 0) is 31.0 Å². The zero-order valence-electron chi connectivity index (χ0n) is 14.7. The van der Waals surface area contributed by atoms with Crippen LogP contribution in [0.15, 0.2) is 53.6 Å². The Balaban J connectivity index is 1.66. The summed E-state index contributed by atoms with van der Waals surface area (Å²) in [7, 11) is 0. The quantitative estimate of drug-likeness (QED) is 0.473. The van der Waals surface area contributed by atoms with Gasteiger partial charge < -0.3 is 4.90 Å². The van der Waals surface area contributed by atoms with Gasteiger partial charge in [0.2, 0.25) is 0 Å². The molecule has 0 radical (unpaired) electrons. The predicted molar refractivity (Wildman–Crippen MR) is 104 cm³/mol. The van der Waals surface area contributed by atoms with Gasteiger partial charge in [-0.3, -0.25) is 19.7 Å². The van der Waals surface area contributed by atoms with E-state index in [0.29, 0.717) is 35.5 Å². The highest BCUT2D eigenvalue weighted by atomic mass is 35.5. The van der Waals surface area contributed by atoms with Crippen molar-refractivity contribution in [2.45, 2.75) is 18.9 Å². The number of nitro benzene ring substituents is 1. The van der Waals surface area contributed by atoms with Crippen LogP contribution in [0.5, 0.6) is 0 Å². The van der Waals surface area contributed by atoms with Crippen LogP contribution in [0.3, 0.4) is 0 Å². The standard InChI is InChI=1S/C19H17ClN4O4/c20-16-5-2-1-4-14(16)12-21-22-18(25)17-6-3-11-23(17)19(26)13-7-9-15(10-8-13)24(27)28/h1-2,4-5,7-10,12,17H,3,6,11H2,(H,22,25)/b21-12+. The molecule has 0 spiro atoms. The summed E-state index contributed by atoms with van der Waals surface area (Å²) < 4.78 is 0. The number of carbonyl (C=O) groups excluding carboxylic acids is 2. The van der Waals surface area contributed by atoms with E-state index in [1.54, 1.807) is 24.3 Å². The molecule has 1 aliphatic heterocycles. The lowest BCUT2D eigenvalue weighted by Gasteiger charge is -2.23. The summed E-state index contributed by atoms with van der Waals surface area (Å²) in [6, 6.07) is 11.7. The number of nitro groups is 1. The van der Waals surface area contributed by atoms with Crippen LogP contribution >= 0.6 is 11.6 Å². The molecule has 1 aliphatic rings. The largest absolute Gasteiger partial charge is 0.327 e. The van der Waals surface area contributed by atoms with E-state index >= 15 is 0 Å². The lowest BCUT2D eigenvalue weighted by molar-refractivity contribution is -0.384. The van der Waals surface area contributed by atoms with Gasteiger partial charge in [0.1, 0.15) is 6.04 Å². The van der Waals surface area contributed by atoms with Crippen molar-refractivity contribution in [3.05, 3.63) is 74.8 Å². The van der Waals surface area contributed by atoms with Crippen LogP contribution in [0.25, 0.3) is 0 Å². The Kier molecular flexibility index (Phi) is 6.00. The molecule has 0 bridgehead atoms. The minimum atomic E-state index is -0.647. The van der Waals surface area contributed by atoms with Crippen molar-refractivity contribution in [1.82, 2.24) is 10.3 Å². The van der Waals surface area contributed by atoms with Crippen LogP contribution < -0.4 is 5.43 Å². The number of halogens is 1. The van der Waals surface area contributed by atoms with E-state index < -0.39 is 16.9 Å². The number of nitrogens with one attached hydrogen (secondary N) is 1.